The zero-order valence-electron chi connectivity index (χ0n) is 13.1. The van der Waals surface area contributed by atoms with Gasteiger partial charge in [-0.2, -0.15) is 0 Å². The monoisotopic (exact) mass is 339 g/mol. The van der Waals surface area contributed by atoms with Crippen LogP contribution < -0.4 is 10.3 Å². The van der Waals surface area contributed by atoms with E-state index in [1.807, 2.05) is 30.3 Å². The molecule has 0 amide bonds. The van der Waals surface area contributed by atoms with Crippen LogP contribution in [0.15, 0.2) is 71.7 Å². The third-order valence-electron chi connectivity index (χ3n) is 3.61. The summed E-state index contributed by atoms with van der Waals surface area (Å²) < 4.78 is 20.8. The van der Waals surface area contributed by atoms with Crippen LogP contribution >= 0.6 is 0 Å². The van der Waals surface area contributed by atoms with E-state index in [-0.39, 0.29) is 23.6 Å². The summed E-state index contributed by atoms with van der Waals surface area (Å²) >= 11 is 0. The van der Waals surface area contributed by atoms with Gasteiger partial charge in [-0.05, 0) is 29.8 Å². The van der Waals surface area contributed by atoms with Crippen molar-refractivity contribution in [1.29, 1.82) is 0 Å². The topological polar surface area (TPSA) is 68.5 Å². The molecule has 1 aromatic heterocycles. The molecule has 0 bridgehead atoms. The van der Waals surface area contributed by atoms with Gasteiger partial charge in [-0.25, -0.2) is 9.18 Å². The molecule has 0 fully saturated rings. The summed E-state index contributed by atoms with van der Waals surface area (Å²) in [6.07, 6.45) is 1.38. The molecule has 25 heavy (non-hydrogen) atoms. The molecule has 3 rings (SSSR count). The van der Waals surface area contributed by atoms with Crippen LogP contribution in [0.2, 0.25) is 0 Å². The van der Waals surface area contributed by atoms with E-state index in [0.29, 0.717) is 0 Å². The number of rotatable bonds is 5. The highest BCUT2D eigenvalue weighted by Crippen LogP contribution is 2.21. The molecule has 2 aromatic carbocycles. The van der Waals surface area contributed by atoms with Crippen molar-refractivity contribution in [2.75, 3.05) is 0 Å². The van der Waals surface area contributed by atoms with Crippen LogP contribution in [0.4, 0.5) is 4.39 Å². The lowest BCUT2D eigenvalue weighted by Crippen LogP contribution is -2.24. The van der Waals surface area contributed by atoms with E-state index in [9.17, 15) is 14.0 Å². The normalized spacial score (nSPS) is 10.4. The number of ether oxygens (including phenoxy) is 1. The van der Waals surface area contributed by atoms with E-state index in [2.05, 4.69) is 0 Å². The van der Waals surface area contributed by atoms with Crippen LogP contribution in [-0.2, 0) is 6.61 Å². The van der Waals surface area contributed by atoms with Gasteiger partial charge in [-0.15, -0.1) is 0 Å². The number of halogens is 1. The lowest BCUT2D eigenvalue weighted by molar-refractivity contribution is 0.0694. The fraction of sp³-hybridized carbons (Fsp3) is 0.0526. The van der Waals surface area contributed by atoms with Gasteiger partial charge in [0.15, 0.2) is 11.6 Å². The van der Waals surface area contributed by atoms with Gasteiger partial charge in [0, 0.05) is 12.3 Å². The highest BCUT2D eigenvalue weighted by Gasteiger charge is 2.13. The molecule has 0 unspecified atom stereocenters. The van der Waals surface area contributed by atoms with Crippen molar-refractivity contribution in [2.45, 2.75) is 6.61 Å². The zero-order valence-corrected chi connectivity index (χ0v) is 13.1. The number of carboxylic acid groups (broad SMARTS) is 1. The van der Waals surface area contributed by atoms with Crippen LogP contribution in [-0.4, -0.2) is 15.6 Å². The Labute approximate surface area is 142 Å². The number of benzene rings is 2. The van der Waals surface area contributed by atoms with E-state index in [4.69, 9.17) is 9.84 Å². The van der Waals surface area contributed by atoms with E-state index >= 15 is 0 Å². The second-order valence-electron chi connectivity index (χ2n) is 5.29. The van der Waals surface area contributed by atoms with E-state index in [1.54, 1.807) is 0 Å². The second-order valence-corrected chi connectivity index (χ2v) is 5.29. The molecule has 3 aromatic rings. The molecule has 0 aliphatic carbocycles. The first-order chi connectivity index (χ1) is 12.1. The molecule has 0 aliphatic rings. The molecule has 0 atom stereocenters. The third-order valence-corrected chi connectivity index (χ3v) is 3.61. The van der Waals surface area contributed by atoms with Crippen molar-refractivity contribution >= 4 is 5.97 Å². The van der Waals surface area contributed by atoms with Crippen LogP contribution in [0.25, 0.3) is 5.69 Å². The summed E-state index contributed by atoms with van der Waals surface area (Å²) in [6, 6.07) is 16.0. The molecule has 1 N–H and O–H groups in total. The van der Waals surface area contributed by atoms with Gasteiger partial charge >= 0.3 is 5.97 Å². The number of hydrogen-bond donors (Lipinski definition) is 1. The Morgan fingerprint density at radius 3 is 2.52 bits per heavy atom. The Bertz CT molecular complexity index is 967. The zero-order chi connectivity index (χ0) is 17.8. The van der Waals surface area contributed by atoms with Crippen molar-refractivity contribution in [3.05, 3.63) is 94.2 Å². The van der Waals surface area contributed by atoms with Crippen LogP contribution in [0.5, 0.6) is 5.75 Å². The third kappa shape index (κ3) is 3.58. The second kappa shape index (κ2) is 7.00. The predicted molar refractivity (Wildman–Crippen MR) is 89.7 cm³/mol. The Morgan fingerprint density at radius 2 is 1.84 bits per heavy atom. The maximum absolute atomic E-state index is 14.3. The van der Waals surface area contributed by atoms with Crippen LogP contribution in [0, 0.1) is 5.82 Å². The van der Waals surface area contributed by atoms with Crippen molar-refractivity contribution in [3.8, 4) is 11.4 Å². The summed E-state index contributed by atoms with van der Waals surface area (Å²) in [5.74, 6) is -1.92. The largest absolute Gasteiger partial charge is 0.486 e. The fourth-order valence-corrected chi connectivity index (χ4v) is 2.35. The standard InChI is InChI=1S/C19H14FNO4/c20-16-11-14(21-10-4-7-15(18(21)22)19(23)24)8-9-17(16)25-12-13-5-2-1-3-6-13/h1-11H,12H2,(H,23,24). The molecule has 126 valence electrons. The first-order valence-corrected chi connectivity index (χ1v) is 7.48. The van der Waals surface area contributed by atoms with Gasteiger partial charge in [-0.3, -0.25) is 9.36 Å². The van der Waals surface area contributed by atoms with Crippen molar-refractivity contribution in [1.82, 2.24) is 4.57 Å². The first kappa shape index (κ1) is 16.4. The Balaban J connectivity index is 1.86. The van der Waals surface area contributed by atoms with Gasteiger partial charge in [0.2, 0.25) is 0 Å². The highest BCUT2D eigenvalue weighted by molar-refractivity contribution is 5.87. The SMILES string of the molecule is O=C(O)c1cccn(-c2ccc(OCc3ccccc3)c(F)c2)c1=O. The molecule has 0 spiro atoms. The van der Waals surface area contributed by atoms with E-state index < -0.39 is 17.3 Å². The van der Waals surface area contributed by atoms with Crippen molar-refractivity contribution < 1.29 is 19.0 Å². The Morgan fingerprint density at radius 1 is 1.08 bits per heavy atom. The minimum Gasteiger partial charge on any atom is -0.486 e. The van der Waals surface area contributed by atoms with Crippen molar-refractivity contribution in [2.24, 2.45) is 0 Å². The molecular formula is C19H14FNO4. The quantitative estimate of drug-likeness (QED) is 0.775. The first-order valence-electron chi connectivity index (χ1n) is 7.48. The molecule has 0 radical (unpaired) electrons. The predicted octanol–water partition coefficient (Wildman–Crippen LogP) is 3.25. The van der Waals surface area contributed by atoms with Crippen LogP contribution in [0.3, 0.4) is 0 Å². The lowest BCUT2D eigenvalue weighted by atomic mass is 10.2. The molecule has 6 heteroatoms. The lowest BCUT2D eigenvalue weighted by Gasteiger charge is -2.10. The number of carboxylic acids is 1. The molecule has 0 saturated carbocycles. The number of aromatic nitrogens is 1. The van der Waals surface area contributed by atoms with E-state index in [1.165, 1.54) is 30.5 Å². The van der Waals surface area contributed by atoms with Gasteiger partial charge in [0.1, 0.15) is 12.2 Å². The minimum atomic E-state index is -1.33. The number of hydrogen-bond acceptors (Lipinski definition) is 3. The van der Waals surface area contributed by atoms with Gasteiger partial charge < -0.3 is 9.84 Å². The summed E-state index contributed by atoms with van der Waals surface area (Å²) in [7, 11) is 0. The summed E-state index contributed by atoms with van der Waals surface area (Å²) in [5, 5.41) is 9.01. The van der Waals surface area contributed by atoms with Gasteiger partial charge in [0.05, 0.1) is 5.69 Å². The molecule has 0 aliphatic heterocycles. The molecule has 5 nitrogen and oxygen atoms in total. The smallest absolute Gasteiger partial charge is 0.341 e. The van der Waals surface area contributed by atoms with E-state index in [0.717, 1.165) is 16.2 Å². The average molecular weight is 339 g/mol. The number of pyridine rings is 1. The minimum absolute atomic E-state index is 0.0510. The van der Waals surface area contributed by atoms with Crippen molar-refractivity contribution in [3.63, 3.8) is 0 Å². The number of carbonyl (C=O) groups is 1. The molecule has 0 saturated heterocycles. The molecular weight excluding hydrogens is 325 g/mol. The van der Waals surface area contributed by atoms with Gasteiger partial charge in [0.25, 0.3) is 5.56 Å². The van der Waals surface area contributed by atoms with Crippen LogP contribution in [0.1, 0.15) is 15.9 Å². The maximum atomic E-state index is 14.3. The summed E-state index contributed by atoms with van der Waals surface area (Å²) in [6.45, 7) is 0.214. The highest BCUT2D eigenvalue weighted by atomic mass is 19.1. The average Bonchev–Trinajstić information content (AvgIpc) is 2.61. The Kier molecular flexibility index (Phi) is 4.61. The van der Waals surface area contributed by atoms with Gasteiger partial charge in [-0.1, -0.05) is 30.3 Å². The number of aromatic carboxylic acids is 1. The fourth-order valence-electron chi connectivity index (χ4n) is 2.35. The molecule has 1 heterocycles. The number of nitrogens with zero attached hydrogens (tertiary/aromatic N) is 1. The Hall–Kier alpha value is -3.41. The summed E-state index contributed by atoms with van der Waals surface area (Å²) in [4.78, 5) is 23.2. The summed E-state index contributed by atoms with van der Waals surface area (Å²) in [5.41, 5.74) is 0.00804. The maximum Gasteiger partial charge on any atom is 0.341 e.